The summed E-state index contributed by atoms with van der Waals surface area (Å²) in [5.41, 5.74) is -0.292. The molecule has 1 atom stereocenters. The number of nitrogens with zero attached hydrogens (tertiary/aromatic N) is 2. The van der Waals surface area contributed by atoms with Crippen molar-refractivity contribution in [3.05, 3.63) is 0 Å². The minimum absolute atomic E-state index is 0.161. The highest BCUT2D eigenvalue weighted by molar-refractivity contribution is 5.07. The van der Waals surface area contributed by atoms with Crippen LogP contribution in [-0.2, 0) is 0 Å². The Morgan fingerprint density at radius 2 is 1.74 bits per heavy atom. The normalized spacial score (nSPS) is 36.9. The summed E-state index contributed by atoms with van der Waals surface area (Å²) in [7, 11) is 2.19. The second-order valence-corrected chi connectivity index (χ2v) is 7.03. The van der Waals surface area contributed by atoms with Gasteiger partial charge in [-0.2, -0.15) is 0 Å². The van der Waals surface area contributed by atoms with Crippen LogP contribution in [0.1, 0.15) is 32.1 Å². The number of rotatable bonds is 2. The largest absolute Gasteiger partial charge is 0.388 e. The topological polar surface area (TPSA) is 38.7 Å². The lowest BCUT2D eigenvalue weighted by Crippen LogP contribution is -2.63. The Morgan fingerprint density at radius 3 is 2.42 bits per heavy atom. The molecule has 1 aliphatic carbocycles. The fourth-order valence-corrected chi connectivity index (χ4v) is 4.37. The first-order valence-corrected chi connectivity index (χ1v) is 7.98. The van der Waals surface area contributed by atoms with Gasteiger partial charge in [-0.15, -0.1) is 0 Å². The Hall–Kier alpha value is -0.160. The zero-order valence-electron chi connectivity index (χ0n) is 12.3. The average Bonchev–Trinajstić information content (AvgIpc) is 2.87. The van der Waals surface area contributed by atoms with E-state index in [1.165, 1.54) is 25.7 Å². The van der Waals surface area contributed by atoms with Crippen molar-refractivity contribution in [2.24, 2.45) is 5.41 Å². The second kappa shape index (κ2) is 5.32. The van der Waals surface area contributed by atoms with Crippen LogP contribution in [0.25, 0.3) is 0 Å². The highest BCUT2D eigenvalue weighted by Gasteiger charge is 2.53. The maximum Gasteiger partial charge on any atom is 0.0854 e. The van der Waals surface area contributed by atoms with E-state index in [4.69, 9.17) is 0 Å². The summed E-state index contributed by atoms with van der Waals surface area (Å²) in [4.78, 5) is 4.87. The summed E-state index contributed by atoms with van der Waals surface area (Å²) in [6, 6.07) is 0. The smallest absolute Gasteiger partial charge is 0.0854 e. The van der Waals surface area contributed by atoms with Gasteiger partial charge in [0.05, 0.1) is 5.60 Å². The summed E-state index contributed by atoms with van der Waals surface area (Å²) in [5, 5.41) is 14.9. The third-order valence-electron chi connectivity index (χ3n) is 5.81. The van der Waals surface area contributed by atoms with Crippen LogP contribution in [0.5, 0.6) is 0 Å². The molecule has 0 radical (unpaired) electrons. The Morgan fingerprint density at radius 1 is 1.05 bits per heavy atom. The van der Waals surface area contributed by atoms with E-state index >= 15 is 0 Å². The molecule has 0 amide bonds. The van der Waals surface area contributed by atoms with Crippen LogP contribution in [0.15, 0.2) is 0 Å². The molecule has 0 aromatic rings. The molecule has 2 heterocycles. The molecule has 2 saturated heterocycles. The highest BCUT2D eigenvalue weighted by atomic mass is 16.3. The van der Waals surface area contributed by atoms with Crippen molar-refractivity contribution in [3.63, 3.8) is 0 Å². The number of nitrogens with one attached hydrogen (secondary N) is 1. The molecule has 2 aliphatic heterocycles. The van der Waals surface area contributed by atoms with Crippen LogP contribution < -0.4 is 5.32 Å². The van der Waals surface area contributed by atoms with Gasteiger partial charge < -0.3 is 15.3 Å². The summed E-state index contributed by atoms with van der Waals surface area (Å²) in [5.74, 6) is 0. The SMILES string of the molecule is CN1CCN(CC2(O)CCNCC23CCCC3)CC1. The fourth-order valence-electron chi connectivity index (χ4n) is 4.37. The van der Waals surface area contributed by atoms with Gasteiger partial charge in [0.25, 0.3) is 0 Å². The zero-order chi connectivity index (χ0) is 13.3. The standard InChI is InChI=1S/C15H29N3O/c1-17-8-10-18(11-9-17)13-15(19)6-7-16-12-14(15)4-2-3-5-14/h16,19H,2-13H2,1H3. The predicted molar refractivity (Wildman–Crippen MR) is 77.3 cm³/mol. The van der Waals surface area contributed by atoms with Crippen molar-refractivity contribution in [2.75, 3.05) is 52.9 Å². The molecule has 1 spiro atoms. The molecular weight excluding hydrogens is 238 g/mol. The summed E-state index contributed by atoms with van der Waals surface area (Å²) >= 11 is 0. The van der Waals surface area contributed by atoms with Crippen molar-refractivity contribution < 1.29 is 5.11 Å². The lowest BCUT2D eigenvalue weighted by molar-refractivity contribution is -0.123. The van der Waals surface area contributed by atoms with Crippen LogP contribution in [-0.4, -0.2) is 73.4 Å². The Labute approximate surface area is 117 Å². The number of piperidine rings is 1. The number of hydrogen-bond donors (Lipinski definition) is 2. The monoisotopic (exact) mass is 267 g/mol. The van der Waals surface area contributed by atoms with E-state index < -0.39 is 5.60 Å². The van der Waals surface area contributed by atoms with Crippen LogP contribution in [0, 0.1) is 5.41 Å². The van der Waals surface area contributed by atoms with E-state index in [0.29, 0.717) is 0 Å². The molecule has 1 unspecified atom stereocenters. The van der Waals surface area contributed by atoms with E-state index in [1.54, 1.807) is 0 Å². The minimum Gasteiger partial charge on any atom is -0.388 e. The van der Waals surface area contributed by atoms with Gasteiger partial charge in [-0.1, -0.05) is 12.8 Å². The maximum absolute atomic E-state index is 11.3. The molecule has 4 nitrogen and oxygen atoms in total. The average molecular weight is 267 g/mol. The summed E-state index contributed by atoms with van der Waals surface area (Å²) in [6.45, 7) is 7.40. The Balaban J connectivity index is 1.69. The van der Waals surface area contributed by atoms with Gasteiger partial charge in [-0.3, -0.25) is 4.90 Å². The summed E-state index contributed by atoms with van der Waals surface area (Å²) in [6.07, 6.45) is 5.95. The molecule has 3 rings (SSSR count). The number of aliphatic hydroxyl groups is 1. The molecule has 0 bridgehead atoms. The molecule has 110 valence electrons. The summed E-state index contributed by atoms with van der Waals surface area (Å²) < 4.78 is 0. The molecule has 3 fully saturated rings. The van der Waals surface area contributed by atoms with Gasteiger partial charge in [-0.25, -0.2) is 0 Å². The highest BCUT2D eigenvalue weighted by Crippen LogP contribution is 2.49. The van der Waals surface area contributed by atoms with Crippen LogP contribution in [0.3, 0.4) is 0 Å². The number of β-amino-alcohol motifs (C(OH)–C–C–N with tert-alkyl or cyclic N) is 1. The molecule has 1 saturated carbocycles. The van der Waals surface area contributed by atoms with Gasteiger partial charge >= 0.3 is 0 Å². The first kappa shape index (κ1) is 13.8. The third kappa shape index (κ3) is 2.56. The second-order valence-electron chi connectivity index (χ2n) is 7.03. The number of likely N-dealkylation sites (N-methyl/N-ethyl adjacent to an activating group) is 1. The van der Waals surface area contributed by atoms with Crippen LogP contribution in [0.4, 0.5) is 0 Å². The molecular formula is C15H29N3O. The van der Waals surface area contributed by atoms with Crippen molar-refractivity contribution in [3.8, 4) is 0 Å². The van der Waals surface area contributed by atoms with Crippen molar-refractivity contribution in [1.29, 1.82) is 0 Å². The lowest BCUT2D eigenvalue weighted by Gasteiger charge is -2.51. The first-order valence-electron chi connectivity index (χ1n) is 7.98. The van der Waals surface area contributed by atoms with Crippen molar-refractivity contribution >= 4 is 0 Å². The van der Waals surface area contributed by atoms with E-state index in [1.807, 2.05) is 0 Å². The number of piperazine rings is 1. The first-order chi connectivity index (χ1) is 9.14. The third-order valence-corrected chi connectivity index (χ3v) is 5.81. The quantitative estimate of drug-likeness (QED) is 0.765. The molecule has 4 heteroatoms. The molecule has 3 aliphatic rings. The zero-order valence-corrected chi connectivity index (χ0v) is 12.3. The molecule has 0 aromatic heterocycles. The Bertz CT molecular complexity index is 309. The van der Waals surface area contributed by atoms with Crippen LogP contribution in [0.2, 0.25) is 0 Å². The van der Waals surface area contributed by atoms with E-state index in [0.717, 1.165) is 52.2 Å². The van der Waals surface area contributed by atoms with Gasteiger partial charge in [0, 0.05) is 44.7 Å². The lowest BCUT2D eigenvalue weighted by atomic mass is 9.66. The van der Waals surface area contributed by atoms with Crippen LogP contribution >= 0.6 is 0 Å². The van der Waals surface area contributed by atoms with Crippen molar-refractivity contribution in [2.45, 2.75) is 37.7 Å². The van der Waals surface area contributed by atoms with Gasteiger partial charge in [-0.05, 0) is 32.9 Å². The van der Waals surface area contributed by atoms with E-state index in [2.05, 4.69) is 22.2 Å². The van der Waals surface area contributed by atoms with Crippen molar-refractivity contribution in [1.82, 2.24) is 15.1 Å². The predicted octanol–water partition coefficient (Wildman–Crippen LogP) is 0.519. The Kier molecular flexibility index (Phi) is 3.87. The van der Waals surface area contributed by atoms with Gasteiger partial charge in [0.1, 0.15) is 0 Å². The number of hydrogen-bond acceptors (Lipinski definition) is 4. The fraction of sp³-hybridized carbons (Fsp3) is 1.00. The minimum atomic E-state index is -0.454. The van der Waals surface area contributed by atoms with E-state index in [9.17, 15) is 5.11 Å². The molecule has 2 N–H and O–H groups in total. The van der Waals surface area contributed by atoms with E-state index in [-0.39, 0.29) is 5.41 Å². The molecule has 0 aromatic carbocycles. The van der Waals surface area contributed by atoms with Gasteiger partial charge in [0.2, 0.25) is 0 Å². The maximum atomic E-state index is 11.3. The van der Waals surface area contributed by atoms with Gasteiger partial charge in [0.15, 0.2) is 0 Å². The molecule has 19 heavy (non-hydrogen) atoms.